The Balaban J connectivity index is 1.14. The van der Waals surface area contributed by atoms with Crippen molar-refractivity contribution in [3.8, 4) is 16.9 Å². The van der Waals surface area contributed by atoms with Crippen molar-refractivity contribution in [3.63, 3.8) is 0 Å². The highest BCUT2D eigenvalue weighted by Gasteiger charge is 2.31. The molecule has 1 amide bonds. The molecule has 0 bridgehead atoms. The molecule has 2 aromatic heterocycles. The number of hydrogen-bond donors (Lipinski definition) is 1. The van der Waals surface area contributed by atoms with Crippen molar-refractivity contribution in [2.45, 2.75) is 25.4 Å². The lowest BCUT2D eigenvalue weighted by molar-refractivity contribution is -0.119. The maximum Gasteiger partial charge on any atom is 0.254 e. The smallest absolute Gasteiger partial charge is 0.254 e. The van der Waals surface area contributed by atoms with E-state index < -0.39 is 6.17 Å². The number of carbonyl (C=O) groups is 2. The number of likely N-dealkylation sites (tertiary alicyclic amines) is 1. The second kappa shape index (κ2) is 11.6. The van der Waals surface area contributed by atoms with Gasteiger partial charge in [-0.05, 0) is 64.7 Å². The Hall–Kier alpha value is -5.12. The summed E-state index contributed by atoms with van der Waals surface area (Å²) in [6.07, 6.45) is 1.13. The summed E-state index contributed by atoms with van der Waals surface area (Å²) in [5.74, 6) is -0.0354. The van der Waals surface area contributed by atoms with Crippen LogP contribution in [0.1, 0.15) is 34.3 Å². The highest BCUT2D eigenvalue weighted by molar-refractivity contribution is 5.96. The molecule has 43 heavy (non-hydrogen) atoms. The van der Waals surface area contributed by atoms with Crippen molar-refractivity contribution in [2.24, 2.45) is 0 Å². The van der Waals surface area contributed by atoms with Gasteiger partial charge in [-0.25, -0.2) is 13.3 Å². The van der Waals surface area contributed by atoms with Crippen LogP contribution in [-0.4, -0.2) is 57.6 Å². The fraction of sp³-hybridized carbons (Fsp3) is 0.212. The summed E-state index contributed by atoms with van der Waals surface area (Å²) in [4.78, 5) is 31.4. The topological polar surface area (TPSA) is 88.8 Å². The Kier molecular flexibility index (Phi) is 7.58. The normalized spacial score (nSPS) is 13.9. The number of anilines is 2. The number of fused-ring (bicyclic) bond motifs is 1. The Morgan fingerprint density at radius 3 is 2.44 bits per heavy atom. The first-order valence-electron chi connectivity index (χ1n) is 13.9. The number of ether oxygens (including phenoxy) is 1. The third-order valence-electron chi connectivity index (χ3n) is 7.68. The van der Waals surface area contributed by atoms with Gasteiger partial charge >= 0.3 is 0 Å². The molecule has 3 aromatic carbocycles. The fourth-order valence-electron chi connectivity index (χ4n) is 5.04. The minimum Gasteiger partial charge on any atom is -0.495 e. The first kappa shape index (κ1) is 28.0. The van der Waals surface area contributed by atoms with E-state index in [4.69, 9.17) is 4.74 Å². The number of carbonyl (C=O) groups excluding carboxylic acids is 2. The molecule has 10 heteroatoms. The lowest BCUT2D eigenvalue weighted by Crippen LogP contribution is -2.51. The number of methoxy groups -OCH3 is 1. The van der Waals surface area contributed by atoms with Gasteiger partial charge in [-0.3, -0.25) is 9.59 Å². The molecule has 1 saturated heterocycles. The van der Waals surface area contributed by atoms with E-state index in [0.29, 0.717) is 28.6 Å². The Bertz CT molecular complexity index is 1800. The van der Waals surface area contributed by atoms with Gasteiger partial charge in [-0.2, -0.15) is 4.98 Å². The summed E-state index contributed by atoms with van der Waals surface area (Å²) < 4.78 is 33.5. The second-order valence-corrected chi connectivity index (χ2v) is 10.6. The zero-order valence-corrected chi connectivity index (χ0v) is 23.6. The van der Waals surface area contributed by atoms with Crippen molar-refractivity contribution in [1.82, 2.24) is 19.5 Å². The number of ketones is 1. The van der Waals surface area contributed by atoms with Crippen LogP contribution in [0.2, 0.25) is 0 Å². The number of alkyl halides is 1. The summed E-state index contributed by atoms with van der Waals surface area (Å²) in [6.45, 7) is 2.05. The number of nitrogens with zero attached hydrogens (tertiary/aromatic N) is 4. The summed E-state index contributed by atoms with van der Waals surface area (Å²) in [5.41, 5.74) is 5.22. The van der Waals surface area contributed by atoms with E-state index in [1.807, 2.05) is 49.5 Å². The highest BCUT2D eigenvalue weighted by Crippen LogP contribution is 2.30. The predicted octanol–water partition coefficient (Wildman–Crippen LogP) is 6.00. The van der Waals surface area contributed by atoms with Crippen LogP contribution in [0.5, 0.6) is 5.75 Å². The minimum absolute atomic E-state index is 0.0632. The van der Waals surface area contributed by atoms with Crippen LogP contribution in [0.25, 0.3) is 16.8 Å². The van der Waals surface area contributed by atoms with Crippen molar-refractivity contribution < 1.29 is 23.1 Å². The Labute approximate surface area is 246 Å². The predicted molar refractivity (Wildman–Crippen MR) is 159 cm³/mol. The molecule has 1 aliphatic heterocycles. The molecule has 1 atom stereocenters. The van der Waals surface area contributed by atoms with Gasteiger partial charge in [0.15, 0.2) is 5.65 Å². The average Bonchev–Trinajstić information content (AvgIpc) is 3.41. The van der Waals surface area contributed by atoms with Crippen molar-refractivity contribution in [3.05, 3.63) is 108 Å². The molecule has 1 N–H and O–H groups in total. The molecule has 0 radical (unpaired) electrons. The number of pyridine rings is 1. The molecule has 1 fully saturated rings. The van der Waals surface area contributed by atoms with Gasteiger partial charge in [0.05, 0.1) is 25.9 Å². The van der Waals surface area contributed by atoms with E-state index in [2.05, 4.69) is 15.4 Å². The van der Waals surface area contributed by atoms with E-state index in [1.54, 1.807) is 34.8 Å². The lowest BCUT2D eigenvalue weighted by Gasteiger charge is -2.34. The summed E-state index contributed by atoms with van der Waals surface area (Å²) >= 11 is 0. The van der Waals surface area contributed by atoms with Crippen molar-refractivity contribution in [1.29, 1.82) is 0 Å². The molecule has 5 aromatic rings. The van der Waals surface area contributed by atoms with Crippen LogP contribution in [0, 0.1) is 5.82 Å². The third kappa shape index (κ3) is 5.94. The zero-order chi connectivity index (χ0) is 30.1. The number of halogens is 2. The number of hydrogen-bond acceptors (Lipinski definition) is 6. The molecular weight excluding hydrogens is 552 g/mol. The minimum atomic E-state index is -0.965. The van der Waals surface area contributed by atoms with Gasteiger partial charge in [0.25, 0.3) is 5.91 Å². The molecule has 0 aliphatic carbocycles. The molecule has 0 spiro atoms. The molecule has 0 unspecified atom stereocenters. The largest absolute Gasteiger partial charge is 0.495 e. The number of Topliss-reactive ketones (excluding diaryl/α,β-unsaturated/α-hetero) is 1. The molecular formula is C33H29F2N5O3. The number of amides is 1. The van der Waals surface area contributed by atoms with E-state index in [1.165, 1.54) is 24.1 Å². The molecule has 8 nitrogen and oxygen atoms in total. The van der Waals surface area contributed by atoms with Crippen LogP contribution in [0.4, 0.5) is 20.4 Å². The van der Waals surface area contributed by atoms with E-state index in [0.717, 1.165) is 22.3 Å². The summed E-state index contributed by atoms with van der Waals surface area (Å²) in [6, 6.07) is 22.7. The van der Waals surface area contributed by atoms with E-state index >= 15 is 0 Å². The average molecular weight is 582 g/mol. The maximum absolute atomic E-state index is 13.2. The van der Waals surface area contributed by atoms with Crippen LogP contribution in [-0.2, 0) is 11.2 Å². The molecule has 218 valence electrons. The molecule has 3 heterocycles. The van der Waals surface area contributed by atoms with Gasteiger partial charge in [-0.15, -0.1) is 5.10 Å². The van der Waals surface area contributed by atoms with Crippen LogP contribution in [0.15, 0.2) is 85.1 Å². The molecule has 1 aliphatic rings. The summed E-state index contributed by atoms with van der Waals surface area (Å²) in [7, 11) is 1.51. The molecule has 0 saturated carbocycles. The van der Waals surface area contributed by atoms with Crippen LogP contribution < -0.4 is 10.1 Å². The maximum atomic E-state index is 13.2. The van der Waals surface area contributed by atoms with Crippen molar-refractivity contribution >= 4 is 29.0 Å². The number of rotatable bonds is 9. The van der Waals surface area contributed by atoms with E-state index in [9.17, 15) is 18.4 Å². The summed E-state index contributed by atoms with van der Waals surface area (Å²) in [5, 5.41) is 7.64. The number of aromatic nitrogens is 3. The van der Waals surface area contributed by atoms with Gasteiger partial charge in [0.2, 0.25) is 5.95 Å². The highest BCUT2D eigenvalue weighted by atomic mass is 19.1. The second-order valence-electron chi connectivity index (χ2n) is 10.6. The van der Waals surface area contributed by atoms with Gasteiger partial charge in [0, 0.05) is 24.1 Å². The third-order valence-corrected chi connectivity index (χ3v) is 7.68. The SMILES string of the molecule is COc1cc(C(=O)N2CC(F)C2)ccc1Nc1nc2cc(-c3ccc(CC(=O)[C@H](C)c4ccc(F)cc4)cc3)ccn2n1. The van der Waals surface area contributed by atoms with Gasteiger partial charge in [0.1, 0.15) is 23.5 Å². The monoisotopic (exact) mass is 581 g/mol. The Morgan fingerprint density at radius 1 is 1.00 bits per heavy atom. The standard InChI is InChI=1S/C33H29F2N5O3/c1-20(22-7-10-26(34)11-8-22)29(41)15-21-3-5-23(6-4-21)24-13-14-40-31(17-24)37-33(38-40)36-28-12-9-25(16-30(28)43-2)32(42)39-18-27(35)19-39/h3-14,16-17,20,27H,15,18-19H2,1-2H3,(H,36,38)/t20-/m1/s1. The zero-order valence-electron chi connectivity index (χ0n) is 23.6. The molecule has 6 rings (SSSR count). The number of benzene rings is 3. The van der Waals surface area contributed by atoms with E-state index in [-0.39, 0.29) is 42.9 Å². The Morgan fingerprint density at radius 2 is 1.74 bits per heavy atom. The lowest BCUT2D eigenvalue weighted by atomic mass is 9.92. The van der Waals surface area contributed by atoms with Gasteiger partial charge in [-0.1, -0.05) is 43.3 Å². The first-order chi connectivity index (χ1) is 20.8. The fourth-order valence-corrected chi connectivity index (χ4v) is 5.04. The quantitative estimate of drug-likeness (QED) is 0.230. The first-order valence-corrected chi connectivity index (χ1v) is 13.9. The van der Waals surface area contributed by atoms with Gasteiger partial charge < -0.3 is 15.0 Å². The van der Waals surface area contributed by atoms with Crippen LogP contribution in [0.3, 0.4) is 0 Å². The van der Waals surface area contributed by atoms with Crippen molar-refractivity contribution in [2.75, 3.05) is 25.5 Å². The van der Waals surface area contributed by atoms with Crippen LogP contribution >= 0.6 is 0 Å². The number of nitrogens with one attached hydrogen (secondary N) is 1.